The Labute approximate surface area is 139 Å². The fourth-order valence-electron chi connectivity index (χ4n) is 2.34. The normalized spacial score (nSPS) is 11.9. The van der Waals surface area contributed by atoms with Gasteiger partial charge in [0.25, 0.3) is 0 Å². The molecule has 0 fully saturated rings. The number of unbranched alkanes of at least 4 members (excludes halogenated alkanes) is 7. The number of rotatable bonds is 12. The van der Waals surface area contributed by atoms with Crippen molar-refractivity contribution < 1.29 is 19.4 Å². The molecule has 0 saturated carbocycles. The lowest BCUT2D eigenvalue weighted by Crippen LogP contribution is -2.26. The molecule has 4 nitrogen and oxygen atoms in total. The van der Waals surface area contributed by atoms with Gasteiger partial charge in [0.2, 0.25) is 0 Å². The van der Waals surface area contributed by atoms with E-state index in [0.717, 1.165) is 12.8 Å². The summed E-state index contributed by atoms with van der Waals surface area (Å²) < 4.78 is 10.7. The topological polar surface area (TPSA) is 55.8 Å². The van der Waals surface area contributed by atoms with E-state index in [1.54, 1.807) is 25.1 Å². The molecule has 0 amide bonds. The molecule has 0 aliphatic carbocycles. The number of carbonyl (C=O) groups is 1. The Morgan fingerprint density at radius 2 is 1.74 bits per heavy atom. The molecule has 0 aromatic heterocycles. The first kappa shape index (κ1) is 19.3. The summed E-state index contributed by atoms with van der Waals surface area (Å²) in [6.07, 6.45) is 9.04. The maximum Gasteiger partial charge on any atom is 0.347 e. The molecule has 0 radical (unpaired) electrons. The van der Waals surface area contributed by atoms with Gasteiger partial charge in [-0.1, -0.05) is 57.9 Å². The lowest BCUT2D eigenvalue weighted by molar-refractivity contribution is -0.151. The molecule has 4 heteroatoms. The second kappa shape index (κ2) is 11.8. The van der Waals surface area contributed by atoms with Gasteiger partial charge in [-0.15, -0.1) is 0 Å². The predicted molar refractivity (Wildman–Crippen MR) is 91.8 cm³/mol. The van der Waals surface area contributed by atoms with Crippen LogP contribution in [-0.2, 0) is 9.53 Å². The molecule has 0 aliphatic heterocycles. The van der Waals surface area contributed by atoms with Gasteiger partial charge in [-0.05, 0) is 25.5 Å². The third kappa shape index (κ3) is 9.11. The van der Waals surface area contributed by atoms with E-state index in [1.807, 2.05) is 0 Å². The predicted octanol–water partition coefficient (Wildman–Crippen LogP) is 4.84. The summed E-state index contributed by atoms with van der Waals surface area (Å²) in [5.41, 5.74) is 0. The Morgan fingerprint density at radius 1 is 1.09 bits per heavy atom. The van der Waals surface area contributed by atoms with E-state index < -0.39 is 6.10 Å². The van der Waals surface area contributed by atoms with Gasteiger partial charge in [0.1, 0.15) is 11.5 Å². The highest BCUT2D eigenvalue weighted by Gasteiger charge is 2.16. The highest BCUT2D eigenvalue weighted by Crippen LogP contribution is 2.19. The van der Waals surface area contributed by atoms with Crippen molar-refractivity contribution in [2.45, 2.75) is 71.3 Å². The van der Waals surface area contributed by atoms with Gasteiger partial charge in [-0.3, -0.25) is 0 Å². The molecule has 0 aliphatic rings. The molecule has 0 heterocycles. The van der Waals surface area contributed by atoms with Gasteiger partial charge in [0, 0.05) is 6.07 Å². The largest absolute Gasteiger partial charge is 0.508 e. The molecular formula is C19H30O4. The molecule has 130 valence electrons. The summed E-state index contributed by atoms with van der Waals surface area (Å²) in [5, 5.41) is 9.36. The quantitative estimate of drug-likeness (QED) is 0.442. The third-order valence-electron chi connectivity index (χ3n) is 3.70. The monoisotopic (exact) mass is 322 g/mol. The minimum atomic E-state index is -0.675. The molecule has 1 N–H and O–H groups in total. The van der Waals surface area contributed by atoms with Crippen molar-refractivity contribution in [2.75, 3.05) is 6.61 Å². The summed E-state index contributed by atoms with van der Waals surface area (Å²) in [6, 6.07) is 6.39. The van der Waals surface area contributed by atoms with Crippen molar-refractivity contribution in [3.63, 3.8) is 0 Å². The van der Waals surface area contributed by atoms with Crippen LogP contribution in [0.4, 0.5) is 0 Å². The number of hydrogen-bond donors (Lipinski definition) is 1. The summed E-state index contributed by atoms with van der Waals surface area (Å²) in [5.74, 6) is 0.208. The van der Waals surface area contributed by atoms with Gasteiger partial charge in [0.15, 0.2) is 6.10 Å². The highest BCUT2D eigenvalue weighted by atomic mass is 16.6. The van der Waals surface area contributed by atoms with E-state index >= 15 is 0 Å². The fourth-order valence-corrected chi connectivity index (χ4v) is 2.34. The molecule has 1 atom stereocenters. The Morgan fingerprint density at radius 3 is 2.39 bits per heavy atom. The Bertz CT molecular complexity index is 445. The standard InChI is InChI=1S/C19H30O4/c1-3-4-5-6-7-8-9-10-14-22-19(21)16(2)23-18-13-11-12-17(20)15-18/h11-13,15-16,20H,3-10,14H2,1-2H3. The van der Waals surface area contributed by atoms with Gasteiger partial charge in [-0.25, -0.2) is 4.79 Å². The zero-order valence-electron chi connectivity index (χ0n) is 14.4. The number of phenolic OH excluding ortho intramolecular Hbond substituents is 1. The molecular weight excluding hydrogens is 292 g/mol. The van der Waals surface area contributed by atoms with Crippen LogP contribution in [-0.4, -0.2) is 23.8 Å². The number of esters is 1. The number of ether oxygens (including phenoxy) is 2. The number of aromatic hydroxyl groups is 1. The second-order valence-electron chi connectivity index (χ2n) is 5.90. The minimum absolute atomic E-state index is 0.113. The maximum atomic E-state index is 11.8. The van der Waals surface area contributed by atoms with Crippen molar-refractivity contribution in [3.8, 4) is 11.5 Å². The van der Waals surface area contributed by atoms with Crippen LogP contribution in [0.5, 0.6) is 11.5 Å². The average Bonchev–Trinajstić information content (AvgIpc) is 2.53. The molecule has 1 aromatic carbocycles. The molecule has 0 spiro atoms. The van der Waals surface area contributed by atoms with E-state index in [0.29, 0.717) is 12.4 Å². The third-order valence-corrected chi connectivity index (χ3v) is 3.70. The Kier molecular flexibility index (Phi) is 9.92. The Hall–Kier alpha value is -1.71. The highest BCUT2D eigenvalue weighted by molar-refractivity contribution is 5.74. The first-order valence-electron chi connectivity index (χ1n) is 8.75. The van der Waals surface area contributed by atoms with E-state index in [1.165, 1.54) is 44.6 Å². The van der Waals surface area contributed by atoms with Crippen LogP contribution in [0.25, 0.3) is 0 Å². The van der Waals surface area contributed by atoms with Crippen LogP contribution in [0.2, 0.25) is 0 Å². The lowest BCUT2D eigenvalue weighted by Gasteiger charge is -2.14. The number of phenols is 1. The van der Waals surface area contributed by atoms with Crippen LogP contribution >= 0.6 is 0 Å². The summed E-state index contributed by atoms with van der Waals surface area (Å²) in [6.45, 7) is 4.32. The van der Waals surface area contributed by atoms with Crippen LogP contribution in [0, 0.1) is 0 Å². The van der Waals surface area contributed by atoms with E-state index in [-0.39, 0.29) is 11.7 Å². The van der Waals surface area contributed by atoms with E-state index in [2.05, 4.69) is 6.92 Å². The molecule has 1 rings (SSSR count). The minimum Gasteiger partial charge on any atom is -0.508 e. The number of carbonyl (C=O) groups excluding carboxylic acids is 1. The number of hydrogen-bond acceptors (Lipinski definition) is 4. The molecule has 1 aromatic rings. The van der Waals surface area contributed by atoms with Crippen LogP contribution < -0.4 is 4.74 Å². The summed E-state index contributed by atoms with van der Waals surface area (Å²) in [4.78, 5) is 11.8. The van der Waals surface area contributed by atoms with Gasteiger partial charge in [-0.2, -0.15) is 0 Å². The number of benzene rings is 1. The smallest absolute Gasteiger partial charge is 0.347 e. The second-order valence-corrected chi connectivity index (χ2v) is 5.90. The van der Waals surface area contributed by atoms with Gasteiger partial charge >= 0.3 is 5.97 Å². The zero-order valence-corrected chi connectivity index (χ0v) is 14.4. The summed E-state index contributed by atoms with van der Waals surface area (Å²) in [7, 11) is 0. The lowest BCUT2D eigenvalue weighted by atomic mass is 10.1. The van der Waals surface area contributed by atoms with Gasteiger partial charge in [0.05, 0.1) is 6.61 Å². The van der Waals surface area contributed by atoms with Crippen molar-refractivity contribution in [1.82, 2.24) is 0 Å². The molecule has 1 unspecified atom stereocenters. The van der Waals surface area contributed by atoms with E-state index in [4.69, 9.17) is 9.47 Å². The van der Waals surface area contributed by atoms with E-state index in [9.17, 15) is 9.90 Å². The SMILES string of the molecule is CCCCCCCCCCOC(=O)C(C)Oc1cccc(O)c1. The van der Waals surface area contributed by atoms with Crippen LogP contribution in [0.3, 0.4) is 0 Å². The first-order valence-corrected chi connectivity index (χ1v) is 8.75. The van der Waals surface area contributed by atoms with Crippen molar-refractivity contribution in [2.24, 2.45) is 0 Å². The van der Waals surface area contributed by atoms with Gasteiger partial charge < -0.3 is 14.6 Å². The van der Waals surface area contributed by atoms with Crippen molar-refractivity contribution in [3.05, 3.63) is 24.3 Å². The molecule has 0 bridgehead atoms. The maximum absolute atomic E-state index is 11.8. The molecule has 0 saturated heterocycles. The van der Waals surface area contributed by atoms with Crippen LogP contribution in [0.15, 0.2) is 24.3 Å². The average molecular weight is 322 g/mol. The fraction of sp³-hybridized carbons (Fsp3) is 0.632. The molecule has 23 heavy (non-hydrogen) atoms. The summed E-state index contributed by atoms with van der Waals surface area (Å²) >= 11 is 0. The first-order chi connectivity index (χ1) is 11.1. The van der Waals surface area contributed by atoms with Crippen molar-refractivity contribution in [1.29, 1.82) is 0 Å². The zero-order chi connectivity index (χ0) is 16.9. The van der Waals surface area contributed by atoms with Crippen molar-refractivity contribution >= 4 is 5.97 Å². The van der Waals surface area contributed by atoms with Crippen LogP contribution in [0.1, 0.15) is 65.2 Å². The Balaban J connectivity index is 2.07.